The van der Waals surface area contributed by atoms with Crippen LogP contribution in [0.5, 0.6) is 0 Å². The van der Waals surface area contributed by atoms with Crippen LogP contribution in [0.4, 0.5) is 0 Å². The second-order valence-electron chi connectivity index (χ2n) is 12.7. The van der Waals surface area contributed by atoms with E-state index in [1.54, 1.807) is 84.6 Å². The summed E-state index contributed by atoms with van der Waals surface area (Å²) < 4.78 is 14.4. The van der Waals surface area contributed by atoms with E-state index in [4.69, 9.17) is 8.83 Å². The second kappa shape index (κ2) is 35.3. The van der Waals surface area contributed by atoms with Crippen molar-refractivity contribution in [3.05, 3.63) is 203 Å². The molecule has 0 radical (unpaired) electrons. The molecule has 8 aromatic rings. The molecule has 0 atom stereocenters. The highest BCUT2D eigenvalue weighted by Gasteiger charge is 2.04. The van der Waals surface area contributed by atoms with E-state index in [2.05, 4.69) is 16.0 Å². The molecule has 69 heavy (non-hydrogen) atoms. The van der Waals surface area contributed by atoms with Gasteiger partial charge in [-0.15, -0.1) is 34.0 Å². The summed E-state index contributed by atoms with van der Waals surface area (Å²) in [6.45, 7) is 11.0. The first kappa shape index (κ1) is 59.1. The lowest BCUT2D eigenvalue weighted by Crippen LogP contribution is -1.89. The molecule has 0 fully saturated rings. The van der Waals surface area contributed by atoms with Gasteiger partial charge in [0.05, 0.1) is 43.3 Å². The van der Waals surface area contributed by atoms with E-state index in [1.807, 2.05) is 52.6 Å². The molecule has 0 aromatic carbocycles. The van der Waals surface area contributed by atoms with Gasteiger partial charge in [0.2, 0.25) is 0 Å². The standard InChI is InChI=1S/C8H8O.C7H6O3.C7H6O2S.C6H7NO.C6H4O2S.C6H6O2.C6H6OS.C5H4OS/c1-2-3-5-8-6-4-7-9-8;2*1-5(9)7-3-2-6(4-8)10-7;1-5(8)6-3-2-4-7-6;7-3-5-1-2-9-6(5)4-8;2*1-5(7)6-2-3-8-4-6;6-4-5-2-1-3-7-5/h2-7H,1H2;2*2-4H,1H3;2-4,7H,1H3;1-4H;2*2-4H,1H3;1-4H/b5-3+;;;;;;;. The third-order valence-electron chi connectivity index (χ3n) is 7.57. The minimum atomic E-state index is -0.173. The van der Waals surface area contributed by atoms with Crippen molar-refractivity contribution in [2.45, 2.75) is 34.6 Å². The van der Waals surface area contributed by atoms with Crippen LogP contribution in [0, 0.1) is 0 Å². The third kappa shape index (κ3) is 25.6. The fourth-order valence-corrected chi connectivity index (χ4v) is 6.73. The van der Waals surface area contributed by atoms with E-state index < -0.39 is 0 Å². The van der Waals surface area contributed by atoms with E-state index in [0.29, 0.717) is 50.3 Å². The Morgan fingerprint density at radius 2 is 1.33 bits per heavy atom. The third-order valence-corrected chi connectivity index (χ3v) is 11.0. The van der Waals surface area contributed by atoms with Crippen molar-refractivity contribution in [3.8, 4) is 0 Å². The maximum Gasteiger partial charge on any atom is 0.194 e. The van der Waals surface area contributed by atoms with Gasteiger partial charge in [0.15, 0.2) is 71.9 Å². The van der Waals surface area contributed by atoms with Crippen LogP contribution < -0.4 is 0 Å². The number of furan rings is 3. The zero-order valence-electron chi connectivity index (χ0n) is 37.9. The Bertz CT molecular complexity index is 2580. The van der Waals surface area contributed by atoms with Gasteiger partial charge in [-0.05, 0) is 116 Å². The Balaban J connectivity index is 0.000000395. The number of ketones is 5. The van der Waals surface area contributed by atoms with E-state index in [0.717, 1.165) is 28.8 Å². The van der Waals surface area contributed by atoms with Crippen LogP contribution in [0.25, 0.3) is 6.08 Å². The average Bonchev–Trinajstić information content (AvgIpc) is 4.22. The van der Waals surface area contributed by atoms with Gasteiger partial charge in [-0.1, -0.05) is 24.8 Å². The van der Waals surface area contributed by atoms with Crippen molar-refractivity contribution < 1.29 is 61.2 Å². The van der Waals surface area contributed by atoms with Crippen LogP contribution in [0.3, 0.4) is 0 Å². The minimum absolute atomic E-state index is 0.0121. The van der Waals surface area contributed by atoms with Gasteiger partial charge in [0.25, 0.3) is 0 Å². The summed E-state index contributed by atoms with van der Waals surface area (Å²) >= 11 is 5.50. The molecular formula is C51H47NO13S4. The number of aromatic amines is 1. The fourth-order valence-electron chi connectivity index (χ4n) is 4.12. The maximum atomic E-state index is 10.7. The highest BCUT2D eigenvalue weighted by atomic mass is 32.1. The number of carbonyl (C=O) groups excluding carboxylic acids is 10. The maximum absolute atomic E-state index is 10.7. The van der Waals surface area contributed by atoms with Crippen molar-refractivity contribution in [2.75, 3.05) is 0 Å². The first-order valence-corrected chi connectivity index (χ1v) is 23.3. The summed E-state index contributed by atoms with van der Waals surface area (Å²) in [5.41, 5.74) is 2.60. The van der Waals surface area contributed by atoms with Gasteiger partial charge in [-0.3, -0.25) is 47.9 Å². The van der Waals surface area contributed by atoms with Crippen molar-refractivity contribution in [1.29, 1.82) is 0 Å². The number of thiophene rings is 4. The molecule has 0 amide bonds. The van der Waals surface area contributed by atoms with Crippen LogP contribution in [-0.4, -0.2) is 65.3 Å². The normalized spacial score (nSPS) is 9.23. The van der Waals surface area contributed by atoms with E-state index >= 15 is 0 Å². The highest BCUT2D eigenvalue weighted by Crippen LogP contribution is 2.14. The Hall–Kier alpha value is -7.90. The highest BCUT2D eigenvalue weighted by molar-refractivity contribution is 7.15. The summed E-state index contributed by atoms with van der Waals surface area (Å²) in [5.74, 6) is 1.37. The van der Waals surface area contributed by atoms with Crippen molar-refractivity contribution >= 4 is 112 Å². The predicted octanol–water partition coefficient (Wildman–Crippen LogP) is 13.1. The zero-order chi connectivity index (χ0) is 51.4. The Kier molecular flexibility index (Phi) is 30.3. The number of hydrogen-bond acceptors (Lipinski definition) is 17. The first-order valence-electron chi connectivity index (χ1n) is 19.8. The first-order chi connectivity index (χ1) is 33.1. The molecule has 0 bridgehead atoms. The van der Waals surface area contributed by atoms with Gasteiger partial charge in [-0.2, -0.15) is 11.3 Å². The molecular weight excluding hydrogens is 963 g/mol. The minimum Gasteiger partial charge on any atom is -0.472 e. The molecule has 14 nitrogen and oxygen atoms in total. The van der Waals surface area contributed by atoms with Crippen LogP contribution in [0.1, 0.15) is 142 Å². The molecule has 0 aliphatic carbocycles. The molecule has 0 saturated heterocycles. The van der Waals surface area contributed by atoms with Crippen molar-refractivity contribution in [1.82, 2.24) is 4.98 Å². The number of H-pyrrole nitrogens is 1. The molecule has 0 saturated carbocycles. The lowest BCUT2D eigenvalue weighted by Gasteiger charge is -1.82. The number of rotatable bonds is 12. The van der Waals surface area contributed by atoms with Gasteiger partial charge in [0.1, 0.15) is 12.0 Å². The zero-order valence-corrected chi connectivity index (χ0v) is 41.2. The number of aldehydes is 5. The topological polar surface area (TPSA) is 226 Å². The molecule has 8 rings (SSSR count). The Morgan fingerprint density at radius 3 is 1.67 bits per heavy atom. The number of aromatic nitrogens is 1. The number of hydrogen-bond donors (Lipinski definition) is 1. The smallest absolute Gasteiger partial charge is 0.194 e. The van der Waals surface area contributed by atoms with Gasteiger partial charge >= 0.3 is 0 Å². The quantitative estimate of drug-likeness (QED) is 0.0683. The number of carbonyl (C=O) groups is 10. The van der Waals surface area contributed by atoms with E-state index in [9.17, 15) is 47.9 Å². The van der Waals surface area contributed by atoms with Crippen LogP contribution in [0.15, 0.2) is 157 Å². The van der Waals surface area contributed by atoms with Gasteiger partial charge in [-0.25, -0.2) is 0 Å². The largest absolute Gasteiger partial charge is 0.472 e. The second-order valence-corrected chi connectivity index (χ2v) is 16.6. The Morgan fingerprint density at radius 1 is 0.594 bits per heavy atom. The van der Waals surface area contributed by atoms with Crippen LogP contribution >= 0.6 is 45.3 Å². The Labute approximate surface area is 413 Å². The number of Topliss-reactive ketones (excluding diaryl/α,β-unsaturated/α-hetero) is 5. The van der Waals surface area contributed by atoms with Crippen LogP contribution in [0.2, 0.25) is 0 Å². The van der Waals surface area contributed by atoms with E-state index in [-0.39, 0.29) is 40.4 Å². The molecule has 18 heteroatoms. The number of nitrogens with one attached hydrogen (secondary N) is 1. The van der Waals surface area contributed by atoms with Gasteiger partial charge < -0.3 is 18.2 Å². The molecule has 0 unspecified atom stereocenters. The summed E-state index contributed by atoms with van der Waals surface area (Å²) in [7, 11) is 0. The molecule has 0 spiro atoms. The lowest BCUT2D eigenvalue weighted by atomic mass is 10.2. The van der Waals surface area contributed by atoms with Crippen LogP contribution in [-0.2, 0) is 0 Å². The summed E-state index contributed by atoms with van der Waals surface area (Å²) in [6.07, 6.45) is 15.2. The van der Waals surface area contributed by atoms with Gasteiger partial charge in [0, 0.05) is 36.6 Å². The predicted molar refractivity (Wildman–Crippen MR) is 270 cm³/mol. The molecule has 358 valence electrons. The van der Waals surface area contributed by atoms with E-state index in [1.165, 1.54) is 86.4 Å². The molecule has 8 aromatic heterocycles. The summed E-state index contributed by atoms with van der Waals surface area (Å²) in [5, 5.41) is 7.34. The lowest BCUT2D eigenvalue weighted by molar-refractivity contribution is 0.0977. The number of allylic oxidation sites excluding steroid dienone is 2. The average molecular weight is 1010 g/mol. The van der Waals surface area contributed by atoms with Crippen molar-refractivity contribution in [2.24, 2.45) is 0 Å². The molecule has 0 aliphatic rings. The SMILES string of the molecule is C=C/C=C/c1ccco1.CC(=O)c1ccc(C=O)o1.CC(=O)c1ccc(C=O)s1.CC(=O)c1ccc[nH]1.CC(=O)c1ccoc1.CC(=O)c1ccsc1.O=Cc1cccs1.O=Cc1ccsc1C=O. The summed E-state index contributed by atoms with van der Waals surface area (Å²) in [6, 6.07) is 22.3. The monoisotopic (exact) mass is 1010 g/mol. The van der Waals surface area contributed by atoms with Crippen molar-refractivity contribution in [3.63, 3.8) is 0 Å². The fraction of sp³-hybridized carbons (Fsp3) is 0.0980. The molecule has 1 N–H and O–H groups in total. The molecule has 8 heterocycles. The molecule has 0 aliphatic heterocycles. The summed E-state index contributed by atoms with van der Waals surface area (Å²) in [4.78, 5) is 108.